The van der Waals surface area contributed by atoms with Gasteiger partial charge in [-0.15, -0.1) is 0 Å². The summed E-state index contributed by atoms with van der Waals surface area (Å²) in [6.07, 6.45) is 8.78. The first kappa shape index (κ1) is 27.1. The minimum absolute atomic E-state index is 0.0380. The molecule has 0 amide bonds. The maximum atomic E-state index is 11.8. The fourth-order valence-corrected chi connectivity index (χ4v) is 6.08. The first-order chi connectivity index (χ1) is 18.5. The number of hydrogen-bond acceptors (Lipinski definition) is 9. The molecule has 0 radical (unpaired) electrons. The van der Waals surface area contributed by atoms with Gasteiger partial charge in [0.25, 0.3) is 0 Å². The summed E-state index contributed by atoms with van der Waals surface area (Å²) in [7, 11) is -3.19. The van der Waals surface area contributed by atoms with Crippen LogP contribution in [0.5, 0.6) is 0 Å². The van der Waals surface area contributed by atoms with Gasteiger partial charge in [-0.1, -0.05) is 0 Å². The molecule has 1 saturated carbocycles. The second-order valence-corrected chi connectivity index (χ2v) is 12.7. The van der Waals surface area contributed by atoms with E-state index in [0.29, 0.717) is 55.4 Å². The molecule has 0 aromatic carbocycles. The highest BCUT2D eigenvalue weighted by Crippen LogP contribution is 2.32. The Balaban J connectivity index is 1.29. The third-order valence-electron chi connectivity index (χ3n) is 7.43. The van der Waals surface area contributed by atoms with Crippen LogP contribution in [0.4, 0.5) is 11.6 Å². The second kappa shape index (κ2) is 10.6. The molecule has 0 unspecified atom stereocenters. The third-order valence-corrected chi connectivity index (χ3v) is 8.74. The zero-order chi connectivity index (χ0) is 27.8. The Labute approximate surface area is 228 Å². The molecule has 3 aromatic heterocycles. The number of rotatable bonds is 8. The molecule has 2 fully saturated rings. The summed E-state index contributed by atoms with van der Waals surface area (Å²) in [5, 5.41) is 20.9. The molecule has 0 atom stereocenters. The van der Waals surface area contributed by atoms with E-state index >= 15 is 0 Å². The quantitative estimate of drug-likeness (QED) is 0.360. The molecule has 0 bridgehead atoms. The van der Waals surface area contributed by atoms with Crippen LogP contribution >= 0.6 is 0 Å². The topological polar surface area (TPSA) is 143 Å². The van der Waals surface area contributed by atoms with Crippen molar-refractivity contribution in [1.82, 2.24) is 34.4 Å². The van der Waals surface area contributed by atoms with Gasteiger partial charge in [0.05, 0.1) is 47.9 Å². The number of sulfonamides is 1. The lowest BCUT2D eigenvalue weighted by Gasteiger charge is -2.43. The molecule has 5 rings (SSSR count). The standard InChI is InChI=1S/C26H33N9O3S/c1-17-23(6-5-20(31-17)14-29-26(2)11-21(36)12-26)35-16-18(13-30-35)24-22(27-3)15-28-25(33-24)32-19-7-9-34(10-8-19)39(4,37)38/h5-6,13,15-16,19,21,29,36H,7-12,14H2,1-2,4H3,(H,28,32,33). The van der Waals surface area contributed by atoms with E-state index in [9.17, 15) is 13.5 Å². The lowest BCUT2D eigenvalue weighted by molar-refractivity contribution is 0.0107. The first-order valence-corrected chi connectivity index (χ1v) is 14.8. The van der Waals surface area contributed by atoms with Crippen molar-refractivity contribution in [1.29, 1.82) is 0 Å². The average molecular weight is 552 g/mol. The van der Waals surface area contributed by atoms with Gasteiger partial charge >= 0.3 is 0 Å². The molecule has 3 N–H and O–H groups in total. The molecule has 3 aromatic rings. The number of pyridine rings is 1. The summed E-state index contributed by atoms with van der Waals surface area (Å²) >= 11 is 0. The van der Waals surface area contributed by atoms with Crippen molar-refractivity contribution < 1.29 is 13.5 Å². The zero-order valence-electron chi connectivity index (χ0n) is 22.3. The second-order valence-electron chi connectivity index (χ2n) is 10.7. The van der Waals surface area contributed by atoms with Gasteiger partial charge in [0.15, 0.2) is 0 Å². The molecular formula is C26H33N9O3S. The van der Waals surface area contributed by atoms with Crippen LogP contribution in [-0.4, -0.2) is 79.6 Å². The minimum atomic E-state index is -3.19. The smallest absolute Gasteiger partial charge is 0.231 e. The molecule has 4 heterocycles. The minimum Gasteiger partial charge on any atom is -0.393 e. The number of hydrogen-bond donors (Lipinski definition) is 3. The number of aliphatic hydroxyl groups is 1. The Morgan fingerprint density at radius 3 is 2.59 bits per heavy atom. The summed E-state index contributed by atoms with van der Waals surface area (Å²) in [6.45, 7) is 13.1. The highest BCUT2D eigenvalue weighted by molar-refractivity contribution is 7.88. The monoisotopic (exact) mass is 551 g/mol. The van der Waals surface area contributed by atoms with Crippen LogP contribution in [0.2, 0.25) is 0 Å². The molecule has 1 aliphatic heterocycles. The number of aryl methyl sites for hydroxylation is 1. The highest BCUT2D eigenvalue weighted by Gasteiger charge is 2.38. The maximum Gasteiger partial charge on any atom is 0.231 e. The predicted molar refractivity (Wildman–Crippen MR) is 147 cm³/mol. The van der Waals surface area contributed by atoms with Crippen molar-refractivity contribution in [2.45, 2.75) is 63.8 Å². The lowest BCUT2D eigenvalue weighted by Crippen LogP contribution is -2.54. The van der Waals surface area contributed by atoms with Crippen molar-refractivity contribution in [2.75, 3.05) is 24.7 Å². The van der Waals surface area contributed by atoms with Gasteiger partial charge in [0.1, 0.15) is 0 Å². The Morgan fingerprint density at radius 1 is 1.21 bits per heavy atom. The molecule has 1 aliphatic carbocycles. The van der Waals surface area contributed by atoms with Crippen LogP contribution in [-0.2, 0) is 16.6 Å². The fourth-order valence-electron chi connectivity index (χ4n) is 5.21. The van der Waals surface area contributed by atoms with E-state index in [0.717, 1.165) is 29.9 Å². The maximum absolute atomic E-state index is 11.8. The van der Waals surface area contributed by atoms with Crippen molar-refractivity contribution >= 4 is 21.7 Å². The van der Waals surface area contributed by atoms with Gasteiger partial charge in [-0.3, -0.25) is 4.98 Å². The third kappa shape index (κ3) is 6.09. The van der Waals surface area contributed by atoms with Crippen molar-refractivity contribution in [3.05, 3.63) is 53.5 Å². The molecule has 206 valence electrons. The Kier molecular flexibility index (Phi) is 7.39. The summed E-state index contributed by atoms with van der Waals surface area (Å²) in [6, 6.07) is 3.97. The van der Waals surface area contributed by atoms with Gasteiger partial charge < -0.3 is 15.7 Å². The van der Waals surface area contributed by atoms with E-state index in [-0.39, 0.29) is 17.7 Å². The van der Waals surface area contributed by atoms with Gasteiger partial charge in [0.2, 0.25) is 21.7 Å². The summed E-state index contributed by atoms with van der Waals surface area (Å²) < 4.78 is 26.8. The summed E-state index contributed by atoms with van der Waals surface area (Å²) in [5.74, 6) is 0.394. The van der Waals surface area contributed by atoms with E-state index in [1.165, 1.54) is 16.8 Å². The number of anilines is 1. The molecule has 1 saturated heterocycles. The van der Waals surface area contributed by atoms with Crippen LogP contribution in [0.1, 0.15) is 44.0 Å². The fraction of sp³-hybridized carbons (Fsp3) is 0.500. The number of nitrogens with one attached hydrogen (secondary N) is 2. The number of aromatic nitrogens is 5. The van der Waals surface area contributed by atoms with E-state index in [1.54, 1.807) is 10.9 Å². The van der Waals surface area contributed by atoms with Gasteiger partial charge in [-0.2, -0.15) is 5.10 Å². The lowest BCUT2D eigenvalue weighted by atomic mass is 9.76. The largest absolute Gasteiger partial charge is 0.393 e. The Morgan fingerprint density at radius 2 is 1.95 bits per heavy atom. The Bertz CT molecular complexity index is 1500. The van der Waals surface area contributed by atoms with Crippen LogP contribution in [0.15, 0.2) is 30.7 Å². The van der Waals surface area contributed by atoms with Crippen LogP contribution in [0, 0.1) is 13.5 Å². The normalized spacial score (nSPS) is 22.3. The average Bonchev–Trinajstić information content (AvgIpc) is 3.36. The van der Waals surface area contributed by atoms with E-state index in [4.69, 9.17) is 11.6 Å². The van der Waals surface area contributed by atoms with Crippen molar-refractivity contribution in [3.63, 3.8) is 0 Å². The van der Waals surface area contributed by atoms with Crippen LogP contribution < -0.4 is 10.6 Å². The van der Waals surface area contributed by atoms with Gasteiger partial charge in [-0.05, 0) is 51.7 Å². The molecule has 12 nitrogen and oxygen atoms in total. The SMILES string of the molecule is [C-]#[N+]c1cnc(NC2CCN(S(C)(=O)=O)CC2)nc1-c1cnn(-c2ccc(CNC3(C)CC(O)C3)nc2C)c1. The molecule has 0 spiro atoms. The Hall–Kier alpha value is -3.44. The molecule has 39 heavy (non-hydrogen) atoms. The summed E-state index contributed by atoms with van der Waals surface area (Å²) in [4.78, 5) is 17.3. The van der Waals surface area contributed by atoms with Gasteiger partial charge in [0, 0.05) is 49.2 Å². The predicted octanol–water partition coefficient (Wildman–Crippen LogP) is 2.42. The zero-order valence-corrected chi connectivity index (χ0v) is 23.1. The molecular weight excluding hydrogens is 518 g/mol. The van der Waals surface area contributed by atoms with E-state index < -0.39 is 10.0 Å². The van der Waals surface area contributed by atoms with E-state index in [2.05, 4.69) is 37.5 Å². The molecule has 13 heteroatoms. The van der Waals surface area contributed by atoms with Crippen molar-refractivity contribution in [2.24, 2.45) is 0 Å². The number of piperidine rings is 1. The van der Waals surface area contributed by atoms with Crippen molar-refractivity contribution in [3.8, 4) is 16.9 Å². The first-order valence-electron chi connectivity index (χ1n) is 12.9. The number of aliphatic hydroxyl groups excluding tert-OH is 1. The van der Waals surface area contributed by atoms with Crippen LogP contribution in [0.3, 0.4) is 0 Å². The van der Waals surface area contributed by atoms with Gasteiger partial charge in [-0.25, -0.2) is 32.2 Å². The van der Waals surface area contributed by atoms with E-state index in [1.807, 2.05) is 25.3 Å². The highest BCUT2D eigenvalue weighted by atomic mass is 32.2. The molecule has 2 aliphatic rings. The van der Waals surface area contributed by atoms with Crippen LogP contribution in [0.25, 0.3) is 21.8 Å². The summed E-state index contributed by atoms with van der Waals surface area (Å²) in [5.41, 5.74) is 3.98. The number of nitrogens with zero attached hydrogens (tertiary/aromatic N) is 7.